The number of halogens is 2. The molecule has 1 N–H and O–H groups in total. The molecule has 4 aromatic carbocycles. The van der Waals surface area contributed by atoms with Crippen LogP contribution in [0.25, 0.3) is 0 Å². The van der Waals surface area contributed by atoms with E-state index in [1.165, 1.54) is 25.5 Å². The molecule has 0 heterocycles. The number of carbonyl (C=O) groups excluding carboxylic acids is 2. The molecule has 0 aliphatic carbocycles. The fourth-order valence-corrected chi connectivity index (χ4v) is 4.02. The molecule has 0 aliphatic rings. The molecule has 1 amide bonds. The lowest BCUT2D eigenvalue weighted by atomic mass is 10.2. The average molecular weight is 593 g/mol. The summed E-state index contributed by atoms with van der Waals surface area (Å²) in [6.45, 7) is 2.07. The van der Waals surface area contributed by atoms with Crippen molar-refractivity contribution in [2.24, 2.45) is 5.10 Å². The number of esters is 1. The number of hydrogen-bond donors (Lipinski definition) is 1. The van der Waals surface area contributed by atoms with E-state index in [2.05, 4.69) is 10.5 Å². The van der Waals surface area contributed by atoms with Gasteiger partial charge in [0.25, 0.3) is 5.91 Å². The highest BCUT2D eigenvalue weighted by molar-refractivity contribution is 6.36. The Hall–Kier alpha value is -4.53. The van der Waals surface area contributed by atoms with Crippen LogP contribution in [0.1, 0.15) is 28.4 Å². The van der Waals surface area contributed by atoms with Crippen molar-refractivity contribution in [3.05, 3.63) is 118 Å². The molecular formula is C31H26Cl2N2O6. The summed E-state index contributed by atoms with van der Waals surface area (Å²) in [5, 5.41) is 4.56. The average Bonchev–Trinajstić information content (AvgIpc) is 2.97. The number of nitrogens with one attached hydrogen (secondary N) is 1. The fraction of sp³-hybridized carbons (Fsp3) is 0.129. The summed E-state index contributed by atoms with van der Waals surface area (Å²) in [4.78, 5) is 25.0. The predicted molar refractivity (Wildman–Crippen MR) is 157 cm³/mol. The van der Waals surface area contributed by atoms with Crippen molar-refractivity contribution >= 4 is 41.3 Å². The van der Waals surface area contributed by atoms with E-state index in [-0.39, 0.29) is 22.1 Å². The summed E-state index contributed by atoms with van der Waals surface area (Å²) in [7, 11) is 1.44. The zero-order valence-corrected chi connectivity index (χ0v) is 23.7. The molecule has 0 saturated carbocycles. The Morgan fingerprint density at radius 1 is 0.902 bits per heavy atom. The zero-order valence-electron chi connectivity index (χ0n) is 22.2. The molecule has 4 rings (SSSR count). The Morgan fingerprint density at radius 2 is 1.63 bits per heavy atom. The van der Waals surface area contributed by atoms with Gasteiger partial charge in [0.1, 0.15) is 18.1 Å². The summed E-state index contributed by atoms with van der Waals surface area (Å²) in [6.07, 6.45) is 0.618. The molecule has 0 spiro atoms. The number of nitrogens with zero attached hydrogens (tertiary/aromatic N) is 1. The van der Waals surface area contributed by atoms with Gasteiger partial charge in [-0.2, -0.15) is 5.10 Å². The Labute approximate surface area is 247 Å². The third kappa shape index (κ3) is 8.48. The minimum Gasteiger partial charge on any atom is -0.493 e. The number of benzene rings is 4. The van der Waals surface area contributed by atoms with Crippen LogP contribution in [0.5, 0.6) is 23.0 Å². The standard InChI is InChI=1S/C31H26Cl2N2O6/c1-20(40-25-12-10-24(11-13-25)39-19-21-6-4-3-5-7-21)30(36)35-34-18-22-8-15-28(29(16-22)38-2)41-31(37)26-14-9-23(32)17-27(26)33/h3-18,20H,19H2,1-2H3,(H,35,36)/b34-18-/t20-/m0/s1. The lowest BCUT2D eigenvalue weighted by Gasteiger charge is -2.13. The van der Waals surface area contributed by atoms with Crippen molar-refractivity contribution in [3.63, 3.8) is 0 Å². The van der Waals surface area contributed by atoms with Gasteiger partial charge in [-0.1, -0.05) is 53.5 Å². The topological polar surface area (TPSA) is 95.5 Å². The molecule has 0 radical (unpaired) electrons. The second-order valence-electron chi connectivity index (χ2n) is 8.66. The maximum absolute atomic E-state index is 12.5. The lowest BCUT2D eigenvalue weighted by Crippen LogP contribution is -2.33. The smallest absolute Gasteiger partial charge is 0.345 e. The number of methoxy groups -OCH3 is 1. The molecule has 0 aliphatic heterocycles. The van der Waals surface area contributed by atoms with Gasteiger partial charge in [-0.15, -0.1) is 0 Å². The molecule has 0 fully saturated rings. The molecule has 0 bridgehead atoms. The first-order valence-corrected chi connectivity index (χ1v) is 13.2. The third-order valence-electron chi connectivity index (χ3n) is 5.68. The van der Waals surface area contributed by atoms with E-state index in [0.717, 1.165) is 5.56 Å². The summed E-state index contributed by atoms with van der Waals surface area (Å²) in [5.41, 5.74) is 4.26. The molecule has 8 nitrogen and oxygen atoms in total. The Kier molecular flexibility index (Phi) is 10.2. The predicted octanol–water partition coefficient (Wildman–Crippen LogP) is 6.72. The van der Waals surface area contributed by atoms with Gasteiger partial charge < -0.3 is 18.9 Å². The molecule has 0 unspecified atom stereocenters. The Bertz CT molecular complexity index is 1530. The van der Waals surface area contributed by atoms with Crippen LogP contribution in [0.2, 0.25) is 10.0 Å². The van der Waals surface area contributed by atoms with E-state index in [4.69, 9.17) is 42.1 Å². The van der Waals surface area contributed by atoms with Crippen LogP contribution in [-0.2, 0) is 11.4 Å². The molecular weight excluding hydrogens is 567 g/mol. The molecule has 10 heteroatoms. The summed E-state index contributed by atoms with van der Waals surface area (Å²) >= 11 is 12.0. The van der Waals surface area contributed by atoms with Crippen LogP contribution in [0.4, 0.5) is 0 Å². The normalized spacial score (nSPS) is 11.5. The second kappa shape index (κ2) is 14.2. The largest absolute Gasteiger partial charge is 0.493 e. The van der Waals surface area contributed by atoms with E-state index in [1.807, 2.05) is 30.3 Å². The van der Waals surface area contributed by atoms with E-state index in [1.54, 1.807) is 55.5 Å². The van der Waals surface area contributed by atoms with Gasteiger partial charge >= 0.3 is 5.97 Å². The minimum atomic E-state index is -0.806. The zero-order chi connectivity index (χ0) is 29.2. The fourth-order valence-electron chi connectivity index (χ4n) is 3.53. The number of hydrogen-bond acceptors (Lipinski definition) is 7. The van der Waals surface area contributed by atoms with Crippen LogP contribution in [-0.4, -0.2) is 31.3 Å². The SMILES string of the molecule is COc1cc(/C=N\NC(=O)[C@H](C)Oc2ccc(OCc3ccccc3)cc2)ccc1OC(=O)c1ccc(Cl)cc1Cl. The lowest BCUT2D eigenvalue weighted by molar-refractivity contribution is -0.127. The van der Waals surface area contributed by atoms with Crippen LogP contribution in [0, 0.1) is 0 Å². The van der Waals surface area contributed by atoms with Gasteiger partial charge in [0, 0.05) is 5.02 Å². The van der Waals surface area contributed by atoms with Crippen LogP contribution < -0.4 is 24.4 Å². The van der Waals surface area contributed by atoms with Gasteiger partial charge in [-0.3, -0.25) is 4.79 Å². The number of rotatable bonds is 11. The quantitative estimate of drug-likeness (QED) is 0.0899. The van der Waals surface area contributed by atoms with E-state index in [0.29, 0.717) is 28.7 Å². The van der Waals surface area contributed by atoms with Crippen LogP contribution >= 0.6 is 23.2 Å². The highest BCUT2D eigenvalue weighted by atomic mass is 35.5. The van der Waals surface area contributed by atoms with Crippen molar-refractivity contribution in [2.75, 3.05) is 7.11 Å². The number of ether oxygens (including phenoxy) is 4. The monoisotopic (exact) mass is 592 g/mol. The Balaban J connectivity index is 1.28. The molecule has 0 saturated heterocycles. The van der Waals surface area contributed by atoms with Gasteiger partial charge in [0.05, 0.1) is 23.9 Å². The summed E-state index contributed by atoms with van der Waals surface area (Å²) in [5.74, 6) is 0.561. The molecule has 41 heavy (non-hydrogen) atoms. The van der Waals surface area contributed by atoms with Gasteiger partial charge in [-0.25, -0.2) is 10.2 Å². The molecule has 210 valence electrons. The first kappa shape index (κ1) is 29.5. The second-order valence-corrected chi connectivity index (χ2v) is 9.51. The van der Waals surface area contributed by atoms with Crippen molar-refractivity contribution in [1.29, 1.82) is 0 Å². The van der Waals surface area contributed by atoms with E-state index in [9.17, 15) is 9.59 Å². The van der Waals surface area contributed by atoms with Crippen molar-refractivity contribution < 1.29 is 28.5 Å². The highest BCUT2D eigenvalue weighted by Crippen LogP contribution is 2.30. The van der Waals surface area contributed by atoms with Crippen molar-refractivity contribution in [1.82, 2.24) is 5.43 Å². The minimum absolute atomic E-state index is 0.162. The van der Waals surface area contributed by atoms with E-state index >= 15 is 0 Å². The van der Waals surface area contributed by atoms with Crippen LogP contribution in [0.15, 0.2) is 96.1 Å². The summed E-state index contributed by atoms with van der Waals surface area (Å²) in [6, 6.07) is 26.1. The Morgan fingerprint density at radius 3 is 2.34 bits per heavy atom. The third-order valence-corrected chi connectivity index (χ3v) is 6.23. The first-order chi connectivity index (χ1) is 19.8. The molecule has 0 aromatic heterocycles. The highest BCUT2D eigenvalue weighted by Gasteiger charge is 2.17. The summed E-state index contributed by atoms with van der Waals surface area (Å²) < 4.78 is 22.3. The molecule has 1 atom stereocenters. The number of carbonyl (C=O) groups is 2. The maximum atomic E-state index is 12.5. The van der Waals surface area contributed by atoms with Crippen molar-refractivity contribution in [3.8, 4) is 23.0 Å². The van der Waals surface area contributed by atoms with Gasteiger partial charge in [0.2, 0.25) is 0 Å². The van der Waals surface area contributed by atoms with Gasteiger partial charge in [-0.05, 0) is 78.7 Å². The van der Waals surface area contributed by atoms with Gasteiger partial charge in [0.15, 0.2) is 17.6 Å². The molecule has 4 aromatic rings. The van der Waals surface area contributed by atoms with Crippen molar-refractivity contribution in [2.45, 2.75) is 19.6 Å². The number of hydrazone groups is 1. The first-order valence-electron chi connectivity index (χ1n) is 12.4. The van der Waals surface area contributed by atoms with Crippen LogP contribution in [0.3, 0.4) is 0 Å². The van der Waals surface area contributed by atoms with E-state index < -0.39 is 18.0 Å². The number of amides is 1. The maximum Gasteiger partial charge on any atom is 0.345 e.